The fourth-order valence-corrected chi connectivity index (χ4v) is 2.01. The van der Waals surface area contributed by atoms with Gasteiger partial charge in [0.25, 0.3) is 5.91 Å². The molecule has 1 aromatic carbocycles. The zero-order valence-electron chi connectivity index (χ0n) is 10.7. The van der Waals surface area contributed by atoms with Crippen LogP contribution < -0.4 is 10.6 Å². The molecule has 0 fully saturated rings. The average molecular weight is 332 g/mol. The first kappa shape index (κ1) is 15.5. The highest BCUT2D eigenvalue weighted by molar-refractivity contribution is 6.35. The molecule has 0 saturated heterocycles. The number of benzene rings is 1. The van der Waals surface area contributed by atoms with Crippen molar-refractivity contribution in [3.63, 3.8) is 0 Å². The van der Waals surface area contributed by atoms with Gasteiger partial charge in [0.05, 0.1) is 15.7 Å². The van der Waals surface area contributed by atoms with E-state index in [2.05, 4.69) is 15.6 Å². The number of aromatic nitrogens is 1. The quantitative estimate of drug-likeness (QED) is 0.895. The SMILES string of the molecule is CNc1ccc(Cl)c(C(=O)Nc2c(F)cc(F)cc2Cl)n1. The topological polar surface area (TPSA) is 54.0 Å². The van der Waals surface area contributed by atoms with Crippen LogP contribution in [-0.4, -0.2) is 17.9 Å². The van der Waals surface area contributed by atoms with Crippen LogP contribution >= 0.6 is 23.2 Å². The molecule has 4 nitrogen and oxygen atoms in total. The van der Waals surface area contributed by atoms with Crippen LogP contribution in [0.4, 0.5) is 20.3 Å². The predicted molar refractivity (Wildman–Crippen MR) is 78.1 cm³/mol. The van der Waals surface area contributed by atoms with Crippen molar-refractivity contribution in [2.45, 2.75) is 0 Å². The molecule has 0 atom stereocenters. The maximum Gasteiger partial charge on any atom is 0.276 e. The molecular formula is C13H9Cl2F2N3O. The lowest BCUT2D eigenvalue weighted by Gasteiger charge is -2.10. The molecule has 1 aromatic heterocycles. The summed E-state index contributed by atoms with van der Waals surface area (Å²) in [6.45, 7) is 0. The van der Waals surface area contributed by atoms with E-state index in [0.29, 0.717) is 11.9 Å². The summed E-state index contributed by atoms with van der Waals surface area (Å²) in [5, 5.41) is 4.80. The number of halogens is 4. The van der Waals surface area contributed by atoms with E-state index in [0.717, 1.165) is 6.07 Å². The number of nitrogens with zero attached hydrogens (tertiary/aromatic N) is 1. The normalized spacial score (nSPS) is 10.3. The van der Waals surface area contributed by atoms with Crippen molar-refractivity contribution in [1.29, 1.82) is 0 Å². The number of carbonyl (C=O) groups is 1. The van der Waals surface area contributed by atoms with Crippen LogP contribution in [0.2, 0.25) is 10.0 Å². The molecule has 0 aliphatic carbocycles. The molecule has 0 radical (unpaired) electrons. The molecule has 0 spiro atoms. The van der Waals surface area contributed by atoms with E-state index in [1.807, 2.05) is 0 Å². The molecule has 110 valence electrons. The molecule has 2 rings (SSSR count). The average Bonchev–Trinajstić information content (AvgIpc) is 2.43. The van der Waals surface area contributed by atoms with Gasteiger partial charge in [-0.05, 0) is 18.2 Å². The first-order valence-electron chi connectivity index (χ1n) is 5.72. The maximum absolute atomic E-state index is 13.6. The second kappa shape index (κ2) is 6.24. The van der Waals surface area contributed by atoms with Crippen molar-refractivity contribution in [1.82, 2.24) is 4.98 Å². The third kappa shape index (κ3) is 3.40. The van der Waals surface area contributed by atoms with Gasteiger partial charge in [0.2, 0.25) is 0 Å². The highest BCUT2D eigenvalue weighted by atomic mass is 35.5. The molecule has 0 bridgehead atoms. The number of hydrogen-bond donors (Lipinski definition) is 2. The Bertz CT molecular complexity index is 687. The van der Waals surface area contributed by atoms with Gasteiger partial charge in [-0.2, -0.15) is 0 Å². The molecule has 2 N–H and O–H groups in total. The van der Waals surface area contributed by atoms with E-state index in [1.165, 1.54) is 6.07 Å². The fourth-order valence-electron chi connectivity index (χ4n) is 1.57. The minimum absolute atomic E-state index is 0.0881. The van der Waals surface area contributed by atoms with Crippen molar-refractivity contribution in [2.24, 2.45) is 0 Å². The van der Waals surface area contributed by atoms with Crippen molar-refractivity contribution < 1.29 is 13.6 Å². The Balaban J connectivity index is 2.35. The Morgan fingerprint density at radius 2 is 1.90 bits per heavy atom. The van der Waals surface area contributed by atoms with Crippen LogP contribution in [0.1, 0.15) is 10.5 Å². The molecule has 1 amide bonds. The number of nitrogens with one attached hydrogen (secondary N) is 2. The summed E-state index contributed by atoms with van der Waals surface area (Å²) in [5.74, 6) is -2.18. The summed E-state index contributed by atoms with van der Waals surface area (Å²) in [4.78, 5) is 16.1. The number of rotatable bonds is 3. The molecule has 0 saturated carbocycles. The molecule has 0 aliphatic rings. The number of amides is 1. The molecule has 8 heteroatoms. The van der Waals surface area contributed by atoms with Gasteiger partial charge in [-0.25, -0.2) is 13.8 Å². The van der Waals surface area contributed by atoms with Gasteiger partial charge in [-0.1, -0.05) is 23.2 Å². The predicted octanol–water partition coefficient (Wildman–Crippen LogP) is 3.96. The lowest BCUT2D eigenvalue weighted by atomic mass is 10.2. The van der Waals surface area contributed by atoms with E-state index < -0.39 is 17.5 Å². The van der Waals surface area contributed by atoms with Gasteiger partial charge in [-0.15, -0.1) is 0 Å². The van der Waals surface area contributed by atoms with Gasteiger partial charge in [-0.3, -0.25) is 4.79 Å². The Hall–Kier alpha value is -1.92. The molecule has 2 aromatic rings. The fraction of sp³-hybridized carbons (Fsp3) is 0.0769. The highest BCUT2D eigenvalue weighted by Gasteiger charge is 2.18. The van der Waals surface area contributed by atoms with Gasteiger partial charge in [0, 0.05) is 13.1 Å². The molecule has 0 unspecified atom stereocenters. The van der Waals surface area contributed by atoms with Gasteiger partial charge in [0.1, 0.15) is 17.3 Å². The summed E-state index contributed by atoms with van der Waals surface area (Å²) in [6.07, 6.45) is 0. The smallest absolute Gasteiger partial charge is 0.276 e. The van der Waals surface area contributed by atoms with E-state index >= 15 is 0 Å². The molecule has 0 aliphatic heterocycles. The van der Waals surface area contributed by atoms with Crippen molar-refractivity contribution in [3.05, 3.63) is 51.6 Å². The molecule has 21 heavy (non-hydrogen) atoms. The van der Waals surface area contributed by atoms with Crippen molar-refractivity contribution >= 4 is 40.6 Å². The summed E-state index contributed by atoms with van der Waals surface area (Å²) in [6, 6.07) is 4.54. The number of anilines is 2. The lowest BCUT2D eigenvalue weighted by molar-refractivity contribution is 0.102. The Kier molecular flexibility index (Phi) is 4.59. The van der Waals surface area contributed by atoms with Crippen LogP contribution in [-0.2, 0) is 0 Å². The second-order valence-corrected chi connectivity index (χ2v) is 4.79. The Morgan fingerprint density at radius 3 is 2.52 bits per heavy atom. The summed E-state index contributed by atoms with van der Waals surface area (Å²) < 4.78 is 26.6. The first-order valence-corrected chi connectivity index (χ1v) is 6.48. The van der Waals surface area contributed by atoms with Crippen LogP contribution in [0.5, 0.6) is 0 Å². The minimum Gasteiger partial charge on any atom is -0.373 e. The van der Waals surface area contributed by atoms with E-state index in [-0.39, 0.29) is 21.4 Å². The molecular weight excluding hydrogens is 323 g/mol. The monoisotopic (exact) mass is 331 g/mol. The first-order chi connectivity index (χ1) is 9.92. The van der Waals surface area contributed by atoms with E-state index in [1.54, 1.807) is 13.1 Å². The standard InChI is InChI=1S/C13H9Cl2F2N3O/c1-18-10-3-2-7(14)12(19-10)13(21)20-11-8(15)4-6(16)5-9(11)17/h2-5H,1H3,(H,18,19)(H,20,21). The van der Waals surface area contributed by atoms with E-state index in [4.69, 9.17) is 23.2 Å². The lowest BCUT2D eigenvalue weighted by Crippen LogP contribution is -2.16. The zero-order chi connectivity index (χ0) is 15.6. The van der Waals surface area contributed by atoms with Crippen molar-refractivity contribution in [2.75, 3.05) is 17.7 Å². The van der Waals surface area contributed by atoms with E-state index in [9.17, 15) is 13.6 Å². The Morgan fingerprint density at radius 1 is 1.19 bits per heavy atom. The summed E-state index contributed by atoms with van der Waals surface area (Å²) in [7, 11) is 1.62. The largest absolute Gasteiger partial charge is 0.373 e. The Labute approximate surface area is 129 Å². The summed E-state index contributed by atoms with van der Waals surface area (Å²) in [5.41, 5.74) is -0.445. The zero-order valence-corrected chi connectivity index (χ0v) is 12.2. The number of pyridine rings is 1. The van der Waals surface area contributed by atoms with Crippen LogP contribution in [0.15, 0.2) is 24.3 Å². The number of hydrogen-bond acceptors (Lipinski definition) is 3. The third-order valence-corrected chi connectivity index (χ3v) is 3.17. The van der Waals surface area contributed by atoms with Crippen LogP contribution in [0.3, 0.4) is 0 Å². The number of carbonyl (C=O) groups excluding carboxylic acids is 1. The summed E-state index contributed by atoms with van der Waals surface area (Å²) >= 11 is 11.6. The molecule has 1 heterocycles. The highest BCUT2D eigenvalue weighted by Crippen LogP contribution is 2.27. The van der Waals surface area contributed by atoms with Crippen molar-refractivity contribution in [3.8, 4) is 0 Å². The maximum atomic E-state index is 13.6. The van der Waals surface area contributed by atoms with Crippen LogP contribution in [0, 0.1) is 11.6 Å². The second-order valence-electron chi connectivity index (χ2n) is 3.98. The van der Waals surface area contributed by atoms with Gasteiger partial charge >= 0.3 is 0 Å². The van der Waals surface area contributed by atoms with Crippen LogP contribution in [0.25, 0.3) is 0 Å². The van der Waals surface area contributed by atoms with Gasteiger partial charge < -0.3 is 10.6 Å². The third-order valence-electron chi connectivity index (χ3n) is 2.56. The van der Waals surface area contributed by atoms with Gasteiger partial charge in [0.15, 0.2) is 5.82 Å². The minimum atomic E-state index is -0.991.